The third-order valence-electron chi connectivity index (χ3n) is 5.05. The number of furan rings is 1. The van der Waals surface area contributed by atoms with Crippen molar-refractivity contribution in [1.82, 2.24) is 20.4 Å². The molecular formula is C22H31IN6O4. The highest BCUT2D eigenvalue weighted by Crippen LogP contribution is 2.13. The lowest BCUT2D eigenvalue weighted by molar-refractivity contribution is -0.384. The van der Waals surface area contributed by atoms with Crippen LogP contribution in [0.1, 0.15) is 25.2 Å². The number of guanidine groups is 1. The minimum absolute atomic E-state index is 0. The van der Waals surface area contributed by atoms with Gasteiger partial charge in [0.2, 0.25) is 5.91 Å². The summed E-state index contributed by atoms with van der Waals surface area (Å²) in [4.78, 5) is 31.5. The first-order valence-electron chi connectivity index (χ1n) is 10.7. The summed E-state index contributed by atoms with van der Waals surface area (Å²) >= 11 is 0. The number of halogens is 1. The number of aliphatic imine (C=N–C) groups is 1. The number of non-ortho nitro benzene ring substituents is 1. The number of piperazine rings is 1. The third-order valence-corrected chi connectivity index (χ3v) is 5.05. The minimum Gasteiger partial charge on any atom is -0.467 e. The fraction of sp³-hybridized carbons (Fsp3) is 0.455. The molecule has 0 spiro atoms. The lowest BCUT2D eigenvalue weighted by Crippen LogP contribution is -2.54. The minimum atomic E-state index is -0.412. The zero-order chi connectivity index (χ0) is 22.9. The second kappa shape index (κ2) is 13.1. The van der Waals surface area contributed by atoms with Crippen LogP contribution in [0.15, 0.2) is 52.1 Å². The maximum Gasteiger partial charge on any atom is 0.269 e. The van der Waals surface area contributed by atoms with Gasteiger partial charge in [-0.25, -0.2) is 4.99 Å². The molecule has 1 aliphatic rings. The SMILES string of the molecule is CC(C)NC(=O)CN1CCN(C(=NCc2ccc([N+](=O)[O-])cc2)NCc2ccco2)CC1.I. The Bertz CT molecular complexity index is 909. The first kappa shape index (κ1) is 26.6. The summed E-state index contributed by atoms with van der Waals surface area (Å²) < 4.78 is 5.41. The lowest BCUT2D eigenvalue weighted by Gasteiger charge is -2.36. The molecule has 1 aromatic carbocycles. The molecule has 0 bridgehead atoms. The molecule has 2 heterocycles. The molecule has 0 radical (unpaired) electrons. The van der Waals surface area contributed by atoms with Gasteiger partial charge >= 0.3 is 0 Å². The fourth-order valence-corrected chi connectivity index (χ4v) is 3.42. The fourth-order valence-electron chi connectivity index (χ4n) is 3.42. The topological polar surface area (TPSA) is 116 Å². The average Bonchev–Trinajstić information content (AvgIpc) is 3.28. The largest absolute Gasteiger partial charge is 0.467 e. The molecule has 1 amide bonds. The normalized spacial score (nSPS) is 14.6. The number of hydrogen-bond acceptors (Lipinski definition) is 6. The van der Waals surface area contributed by atoms with Gasteiger partial charge in [0.25, 0.3) is 5.69 Å². The van der Waals surface area contributed by atoms with Gasteiger partial charge in [-0.3, -0.25) is 19.8 Å². The van der Waals surface area contributed by atoms with Crippen LogP contribution in [0.25, 0.3) is 0 Å². The summed E-state index contributed by atoms with van der Waals surface area (Å²) in [5.41, 5.74) is 0.948. The van der Waals surface area contributed by atoms with E-state index in [0.29, 0.717) is 19.6 Å². The Morgan fingerprint density at radius 1 is 1.18 bits per heavy atom. The number of amides is 1. The molecule has 1 fully saturated rings. The lowest BCUT2D eigenvalue weighted by atomic mass is 10.2. The van der Waals surface area contributed by atoms with Crippen molar-refractivity contribution in [3.8, 4) is 0 Å². The molecule has 33 heavy (non-hydrogen) atoms. The summed E-state index contributed by atoms with van der Waals surface area (Å²) in [5.74, 6) is 1.58. The molecule has 10 nitrogen and oxygen atoms in total. The number of nitro benzene ring substituents is 1. The molecule has 0 saturated carbocycles. The number of benzene rings is 1. The van der Waals surface area contributed by atoms with Gasteiger partial charge in [0.05, 0.1) is 30.8 Å². The van der Waals surface area contributed by atoms with E-state index in [0.717, 1.165) is 43.5 Å². The maximum atomic E-state index is 12.0. The molecule has 0 unspecified atom stereocenters. The van der Waals surface area contributed by atoms with Gasteiger partial charge in [-0.2, -0.15) is 0 Å². The Morgan fingerprint density at radius 2 is 1.88 bits per heavy atom. The quantitative estimate of drug-likeness (QED) is 0.165. The summed E-state index contributed by atoms with van der Waals surface area (Å²) in [6.45, 7) is 8.18. The standard InChI is InChI=1S/C22H30N6O4.HI/c1-17(2)25-21(29)16-26-9-11-27(12-10-26)22(24-15-20-4-3-13-32-20)23-14-18-5-7-19(8-6-18)28(30)31;/h3-8,13,17H,9-12,14-16H2,1-2H3,(H,23,24)(H,25,29);1H. The predicted octanol–water partition coefficient (Wildman–Crippen LogP) is 2.59. The van der Waals surface area contributed by atoms with E-state index in [2.05, 4.69) is 20.4 Å². The number of carbonyl (C=O) groups is 1. The van der Waals surface area contributed by atoms with E-state index >= 15 is 0 Å². The molecule has 1 aromatic heterocycles. The van der Waals surface area contributed by atoms with Crippen LogP contribution < -0.4 is 10.6 Å². The van der Waals surface area contributed by atoms with Gasteiger partial charge in [-0.1, -0.05) is 12.1 Å². The van der Waals surface area contributed by atoms with Crippen molar-refractivity contribution >= 4 is 41.5 Å². The second-order valence-electron chi connectivity index (χ2n) is 7.98. The first-order valence-corrected chi connectivity index (χ1v) is 10.7. The Kier molecular flexibility index (Phi) is 10.6. The van der Waals surface area contributed by atoms with Crippen LogP contribution in [0.5, 0.6) is 0 Å². The van der Waals surface area contributed by atoms with E-state index < -0.39 is 4.92 Å². The van der Waals surface area contributed by atoms with E-state index in [1.165, 1.54) is 12.1 Å². The van der Waals surface area contributed by atoms with E-state index in [-0.39, 0.29) is 41.6 Å². The molecule has 180 valence electrons. The van der Waals surface area contributed by atoms with Crippen molar-refractivity contribution in [3.63, 3.8) is 0 Å². The van der Waals surface area contributed by atoms with E-state index in [1.54, 1.807) is 18.4 Å². The molecule has 2 N–H and O–H groups in total. The Balaban J connectivity index is 0.00000385. The van der Waals surface area contributed by atoms with Gasteiger partial charge in [0.1, 0.15) is 5.76 Å². The van der Waals surface area contributed by atoms with Crippen LogP contribution in [-0.2, 0) is 17.9 Å². The van der Waals surface area contributed by atoms with Gasteiger partial charge in [-0.15, -0.1) is 24.0 Å². The second-order valence-corrected chi connectivity index (χ2v) is 7.98. The van der Waals surface area contributed by atoms with Crippen LogP contribution in [0.4, 0.5) is 5.69 Å². The summed E-state index contributed by atoms with van der Waals surface area (Å²) in [6.07, 6.45) is 1.63. The average molecular weight is 570 g/mol. The Morgan fingerprint density at radius 3 is 2.45 bits per heavy atom. The van der Waals surface area contributed by atoms with Crippen molar-refractivity contribution < 1.29 is 14.1 Å². The van der Waals surface area contributed by atoms with Crippen LogP contribution in [0, 0.1) is 10.1 Å². The number of carbonyl (C=O) groups excluding carboxylic acids is 1. The van der Waals surface area contributed by atoms with Crippen LogP contribution >= 0.6 is 24.0 Å². The van der Waals surface area contributed by atoms with Crippen LogP contribution in [-0.4, -0.2) is 65.4 Å². The highest BCUT2D eigenvalue weighted by Gasteiger charge is 2.21. The van der Waals surface area contributed by atoms with Crippen molar-refractivity contribution in [2.45, 2.75) is 33.0 Å². The molecule has 0 aliphatic carbocycles. The van der Waals surface area contributed by atoms with Gasteiger partial charge < -0.3 is 20.0 Å². The highest BCUT2D eigenvalue weighted by atomic mass is 127. The van der Waals surface area contributed by atoms with Crippen molar-refractivity contribution in [3.05, 3.63) is 64.1 Å². The van der Waals surface area contributed by atoms with Crippen molar-refractivity contribution in [2.24, 2.45) is 4.99 Å². The molecule has 0 atom stereocenters. The van der Waals surface area contributed by atoms with Gasteiger partial charge in [0.15, 0.2) is 5.96 Å². The number of rotatable bonds is 8. The number of nitrogens with one attached hydrogen (secondary N) is 2. The van der Waals surface area contributed by atoms with E-state index in [9.17, 15) is 14.9 Å². The molecular weight excluding hydrogens is 539 g/mol. The summed E-state index contributed by atoms with van der Waals surface area (Å²) in [7, 11) is 0. The molecule has 1 saturated heterocycles. The Labute approximate surface area is 210 Å². The number of nitro groups is 1. The zero-order valence-corrected chi connectivity index (χ0v) is 21.2. The number of hydrogen-bond donors (Lipinski definition) is 2. The van der Waals surface area contributed by atoms with Crippen molar-refractivity contribution in [1.29, 1.82) is 0 Å². The molecule has 2 aromatic rings. The molecule has 11 heteroatoms. The summed E-state index contributed by atoms with van der Waals surface area (Å²) in [5, 5.41) is 17.1. The zero-order valence-electron chi connectivity index (χ0n) is 18.9. The Hall–Kier alpha value is -2.67. The van der Waals surface area contributed by atoms with Crippen LogP contribution in [0.3, 0.4) is 0 Å². The smallest absolute Gasteiger partial charge is 0.269 e. The predicted molar refractivity (Wildman–Crippen MR) is 136 cm³/mol. The third kappa shape index (κ3) is 8.65. The van der Waals surface area contributed by atoms with Crippen molar-refractivity contribution in [2.75, 3.05) is 32.7 Å². The van der Waals surface area contributed by atoms with E-state index in [1.807, 2.05) is 26.0 Å². The van der Waals surface area contributed by atoms with E-state index in [4.69, 9.17) is 9.41 Å². The first-order chi connectivity index (χ1) is 15.4. The highest BCUT2D eigenvalue weighted by molar-refractivity contribution is 14.0. The monoisotopic (exact) mass is 570 g/mol. The van der Waals surface area contributed by atoms with Gasteiger partial charge in [0, 0.05) is 44.4 Å². The van der Waals surface area contributed by atoms with Crippen LogP contribution in [0.2, 0.25) is 0 Å². The summed E-state index contributed by atoms with van der Waals surface area (Å²) in [6, 6.07) is 10.3. The molecule has 1 aliphatic heterocycles. The molecule has 3 rings (SSSR count). The van der Waals surface area contributed by atoms with Gasteiger partial charge in [-0.05, 0) is 31.5 Å². The maximum absolute atomic E-state index is 12.0. The number of nitrogens with zero attached hydrogens (tertiary/aromatic N) is 4.